The predicted molar refractivity (Wildman–Crippen MR) is 85.6 cm³/mol. The first-order chi connectivity index (χ1) is 9.99. The summed E-state index contributed by atoms with van der Waals surface area (Å²) in [7, 11) is 0. The average molecular weight is 427 g/mol. The third-order valence-electron chi connectivity index (χ3n) is 2.50. The SMILES string of the molecule is CCOC(CCOc1c(Br)cc([N+](=O)[O-])cc1Br)OCC. The number of nitro groups is 1. The maximum Gasteiger partial charge on any atom is 0.271 e. The zero-order valence-electron chi connectivity index (χ0n) is 11.8. The molecule has 1 aromatic carbocycles. The smallest absolute Gasteiger partial charge is 0.271 e. The van der Waals surface area contributed by atoms with Crippen LogP contribution in [0.2, 0.25) is 0 Å². The molecule has 0 aromatic heterocycles. The van der Waals surface area contributed by atoms with E-state index < -0.39 is 4.92 Å². The molecule has 21 heavy (non-hydrogen) atoms. The summed E-state index contributed by atoms with van der Waals surface area (Å²) >= 11 is 6.55. The van der Waals surface area contributed by atoms with Gasteiger partial charge in [0.2, 0.25) is 0 Å². The van der Waals surface area contributed by atoms with Gasteiger partial charge in [-0.15, -0.1) is 0 Å². The summed E-state index contributed by atoms with van der Waals surface area (Å²) in [6.45, 7) is 5.30. The zero-order valence-corrected chi connectivity index (χ0v) is 15.0. The van der Waals surface area contributed by atoms with Crippen molar-refractivity contribution >= 4 is 37.5 Å². The monoisotopic (exact) mass is 425 g/mol. The van der Waals surface area contributed by atoms with Crippen molar-refractivity contribution in [3.8, 4) is 5.75 Å². The maximum absolute atomic E-state index is 10.8. The molecule has 0 saturated heterocycles. The Kier molecular flexibility index (Phi) is 8.16. The standard InChI is InChI=1S/C13H17Br2NO5/c1-3-19-12(20-4-2)5-6-21-13-10(14)7-9(16(17)18)8-11(13)15/h7-8,12H,3-6H2,1-2H3. The van der Waals surface area contributed by atoms with Gasteiger partial charge in [0.05, 0.1) is 20.5 Å². The lowest BCUT2D eigenvalue weighted by atomic mass is 10.3. The highest BCUT2D eigenvalue weighted by atomic mass is 79.9. The van der Waals surface area contributed by atoms with Crippen molar-refractivity contribution in [2.75, 3.05) is 19.8 Å². The van der Waals surface area contributed by atoms with Gasteiger partial charge in [0.25, 0.3) is 5.69 Å². The van der Waals surface area contributed by atoms with Gasteiger partial charge in [-0.1, -0.05) is 0 Å². The molecule has 0 atom stereocenters. The lowest BCUT2D eigenvalue weighted by molar-refractivity contribution is -0.385. The summed E-state index contributed by atoms with van der Waals surface area (Å²) < 4.78 is 17.5. The van der Waals surface area contributed by atoms with E-state index in [1.165, 1.54) is 12.1 Å². The first kappa shape index (κ1) is 18.3. The minimum Gasteiger partial charge on any atom is -0.491 e. The van der Waals surface area contributed by atoms with Crippen molar-refractivity contribution in [2.45, 2.75) is 26.6 Å². The highest BCUT2D eigenvalue weighted by Gasteiger charge is 2.16. The van der Waals surface area contributed by atoms with Crippen LogP contribution in [0.1, 0.15) is 20.3 Å². The van der Waals surface area contributed by atoms with E-state index >= 15 is 0 Å². The van der Waals surface area contributed by atoms with Crippen LogP contribution in [0.15, 0.2) is 21.1 Å². The minimum absolute atomic E-state index is 0.0115. The van der Waals surface area contributed by atoms with E-state index in [2.05, 4.69) is 31.9 Å². The van der Waals surface area contributed by atoms with Crippen LogP contribution in [0.5, 0.6) is 5.75 Å². The summed E-state index contributed by atoms with van der Waals surface area (Å²) in [6.07, 6.45) is 0.257. The van der Waals surface area contributed by atoms with Gasteiger partial charge in [-0.25, -0.2) is 0 Å². The van der Waals surface area contributed by atoms with Crippen LogP contribution in [-0.2, 0) is 9.47 Å². The summed E-state index contributed by atoms with van der Waals surface area (Å²) in [6, 6.07) is 2.81. The van der Waals surface area contributed by atoms with E-state index in [9.17, 15) is 10.1 Å². The van der Waals surface area contributed by atoms with Gasteiger partial charge in [-0.2, -0.15) is 0 Å². The van der Waals surface area contributed by atoms with Crippen molar-refractivity contribution in [3.05, 3.63) is 31.2 Å². The van der Waals surface area contributed by atoms with Crippen LogP contribution in [0.3, 0.4) is 0 Å². The van der Waals surface area contributed by atoms with E-state index in [0.29, 0.717) is 40.9 Å². The number of non-ortho nitro benzene ring substituents is 1. The minimum atomic E-state index is -0.459. The van der Waals surface area contributed by atoms with Crippen LogP contribution in [-0.4, -0.2) is 31.0 Å². The Hall–Kier alpha value is -0.700. The lowest BCUT2D eigenvalue weighted by Crippen LogP contribution is -2.20. The quantitative estimate of drug-likeness (QED) is 0.334. The van der Waals surface area contributed by atoms with Gasteiger partial charge in [0.15, 0.2) is 6.29 Å². The van der Waals surface area contributed by atoms with Gasteiger partial charge < -0.3 is 14.2 Å². The molecular weight excluding hydrogens is 410 g/mol. The van der Waals surface area contributed by atoms with Crippen LogP contribution in [0.4, 0.5) is 5.69 Å². The molecule has 0 fully saturated rings. The average Bonchev–Trinajstić information content (AvgIpc) is 2.41. The number of nitrogens with zero attached hydrogens (tertiary/aromatic N) is 1. The zero-order chi connectivity index (χ0) is 15.8. The number of nitro benzene ring substituents is 1. The second-order valence-electron chi connectivity index (χ2n) is 3.97. The molecule has 0 saturated carbocycles. The summed E-state index contributed by atoms with van der Waals surface area (Å²) in [5.74, 6) is 0.521. The van der Waals surface area contributed by atoms with Crippen LogP contribution >= 0.6 is 31.9 Å². The Morgan fingerprint density at radius 3 is 2.14 bits per heavy atom. The molecule has 0 bridgehead atoms. The molecule has 0 N–H and O–H groups in total. The fourth-order valence-electron chi connectivity index (χ4n) is 1.63. The summed E-state index contributed by atoms with van der Waals surface area (Å²) in [4.78, 5) is 10.3. The number of ether oxygens (including phenoxy) is 3. The number of halogens is 2. The van der Waals surface area contributed by atoms with Crippen LogP contribution in [0.25, 0.3) is 0 Å². The largest absolute Gasteiger partial charge is 0.491 e. The van der Waals surface area contributed by atoms with E-state index in [1.807, 2.05) is 13.8 Å². The molecule has 0 spiro atoms. The van der Waals surface area contributed by atoms with Crippen LogP contribution in [0, 0.1) is 10.1 Å². The molecule has 0 unspecified atom stereocenters. The molecule has 6 nitrogen and oxygen atoms in total. The van der Waals surface area contributed by atoms with Gasteiger partial charge in [-0.05, 0) is 45.7 Å². The number of hydrogen-bond acceptors (Lipinski definition) is 5. The molecule has 0 aliphatic carbocycles. The van der Waals surface area contributed by atoms with Gasteiger partial charge >= 0.3 is 0 Å². The second kappa shape index (κ2) is 9.34. The topological polar surface area (TPSA) is 70.8 Å². The second-order valence-corrected chi connectivity index (χ2v) is 5.68. The lowest BCUT2D eigenvalue weighted by Gasteiger charge is -2.17. The third kappa shape index (κ3) is 5.90. The Bertz CT molecular complexity index is 455. The van der Waals surface area contributed by atoms with Crippen LogP contribution < -0.4 is 4.74 Å². The molecule has 0 radical (unpaired) electrons. The van der Waals surface area contributed by atoms with Gasteiger partial charge in [-0.3, -0.25) is 10.1 Å². The maximum atomic E-state index is 10.8. The highest BCUT2D eigenvalue weighted by molar-refractivity contribution is 9.11. The van der Waals surface area contributed by atoms with Crippen molar-refractivity contribution in [1.29, 1.82) is 0 Å². The first-order valence-electron chi connectivity index (χ1n) is 6.49. The molecule has 118 valence electrons. The first-order valence-corrected chi connectivity index (χ1v) is 8.07. The molecule has 8 heteroatoms. The van der Waals surface area contributed by atoms with E-state index in [1.54, 1.807) is 0 Å². The van der Waals surface area contributed by atoms with Crippen molar-refractivity contribution in [2.24, 2.45) is 0 Å². The fourth-order valence-corrected chi connectivity index (χ4v) is 3.02. The van der Waals surface area contributed by atoms with Crippen molar-refractivity contribution in [3.63, 3.8) is 0 Å². The normalized spacial score (nSPS) is 10.9. The Morgan fingerprint density at radius 1 is 1.19 bits per heavy atom. The van der Waals surface area contributed by atoms with Crippen molar-refractivity contribution in [1.82, 2.24) is 0 Å². The molecule has 0 aliphatic rings. The van der Waals surface area contributed by atoms with Gasteiger partial charge in [0, 0.05) is 31.8 Å². The molecule has 0 aliphatic heterocycles. The molecule has 1 aromatic rings. The number of benzene rings is 1. The summed E-state index contributed by atoms with van der Waals surface area (Å²) in [5, 5.41) is 10.8. The number of hydrogen-bond donors (Lipinski definition) is 0. The third-order valence-corrected chi connectivity index (χ3v) is 3.68. The summed E-state index contributed by atoms with van der Waals surface area (Å²) in [5.41, 5.74) is -0.0115. The molecule has 1 rings (SSSR count). The van der Waals surface area contributed by atoms with E-state index in [-0.39, 0.29) is 12.0 Å². The van der Waals surface area contributed by atoms with Crippen molar-refractivity contribution < 1.29 is 19.1 Å². The fraction of sp³-hybridized carbons (Fsp3) is 0.538. The predicted octanol–water partition coefficient (Wildman–Crippen LogP) is 4.29. The van der Waals surface area contributed by atoms with E-state index in [0.717, 1.165) is 0 Å². The van der Waals surface area contributed by atoms with E-state index in [4.69, 9.17) is 14.2 Å². The molecule has 0 amide bonds. The van der Waals surface area contributed by atoms with Gasteiger partial charge in [0.1, 0.15) is 5.75 Å². The Morgan fingerprint density at radius 2 is 1.71 bits per heavy atom. The number of rotatable bonds is 9. The highest BCUT2D eigenvalue weighted by Crippen LogP contribution is 2.37. The molecule has 0 heterocycles. The Balaban J connectivity index is 2.65. The Labute approximate surface area is 140 Å². The molecular formula is C13H17Br2NO5.